The first-order valence-electron chi connectivity index (χ1n) is 5.27. The highest BCUT2D eigenvalue weighted by Gasteiger charge is 2.16. The fraction of sp³-hybridized carbons (Fsp3) is 0.273. The molecule has 1 aromatic carbocycles. The minimum absolute atomic E-state index is 0.0914. The number of hydrogen-bond donors (Lipinski definition) is 2. The third-order valence-electron chi connectivity index (χ3n) is 2.23. The molecule has 0 aliphatic rings. The Morgan fingerprint density at radius 3 is 2.16 bits per heavy atom. The number of sulfonamides is 1. The second-order valence-corrected chi connectivity index (χ2v) is 6.08. The van der Waals surface area contributed by atoms with Crippen molar-refractivity contribution >= 4 is 27.6 Å². The molecule has 0 aliphatic heterocycles. The van der Waals surface area contributed by atoms with E-state index < -0.39 is 28.3 Å². The third-order valence-corrected chi connectivity index (χ3v) is 4.06. The number of nitrogens with one attached hydrogen (secondary N) is 1. The number of rotatable bonds is 5. The Morgan fingerprint density at radius 1 is 1.21 bits per heavy atom. The second-order valence-electron chi connectivity index (χ2n) is 3.93. The number of nitrogens with zero attached hydrogens (tertiary/aromatic N) is 1. The van der Waals surface area contributed by atoms with Gasteiger partial charge in [-0.05, 0) is 24.3 Å². The van der Waals surface area contributed by atoms with Crippen LogP contribution in [0, 0.1) is 0 Å². The van der Waals surface area contributed by atoms with Crippen LogP contribution in [-0.4, -0.2) is 43.8 Å². The molecule has 0 atom stereocenters. The number of carbonyl (C=O) groups is 2. The number of amides is 1. The Balaban J connectivity index is 2.83. The van der Waals surface area contributed by atoms with Gasteiger partial charge in [0.15, 0.2) is 0 Å². The topological polar surface area (TPSA) is 104 Å². The number of benzene rings is 1. The highest BCUT2D eigenvalue weighted by atomic mass is 32.2. The van der Waals surface area contributed by atoms with Crippen molar-refractivity contribution in [1.29, 1.82) is 0 Å². The molecule has 7 nitrogen and oxygen atoms in total. The molecule has 0 bridgehead atoms. The molecule has 0 aliphatic carbocycles. The molecule has 0 unspecified atom stereocenters. The summed E-state index contributed by atoms with van der Waals surface area (Å²) < 4.78 is 24.6. The highest BCUT2D eigenvalue weighted by Crippen LogP contribution is 2.16. The van der Waals surface area contributed by atoms with Crippen molar-refractivity contribution in [2.45, 2.75) is 11.3 Å². The smallest absolute Gasteiger partial charge is 0.312 e. The molecule has 0 aromatic heterocycles. The Morgan fingerprint density at radius 2 is 1.74 bits per heavy atom. The average molecular weight is 286 g/mol. The van der Waals surface area contributed by atoms with Gasteiger partial charge in [-0.2, -0.15) is 0 Å². The molecule has 1 amide bonds. The lowest BCUT2D eigenvalue weighted by Gasteiger charge is -2.11. The Labute approximate surface area is 110 Å². The molecule has 1 rings (SSSR count). The van der Waals surface area contributed by atoms with Crippen LogP contribution in [0.1, 0.15) is 6.42 Å². The van der Waals surface area contributed by atoms with Gasteiger partial charge in [0.2, 0.25) is 15.9 Å². The molecule has 0 heterocycles. The Hall–Kier alpha value is -1.93. The van der Waals surface area contributed by atoms with Gasteiger partial charge in [-0.3, -0.25) is 9.59 Å². The van der Waals surface area contributed by atoms with Crippen molar-refractivity contribution in [1.82, 2.24) is 4.31 Å². The minimum Gasteiger partial charge on any atom is -0.481 e. The molecule has 1 aromatic rings. The van der Waals surface area contributed by atoms with Gasteiger partial charge in [-0.15, -0.1) is 0 Å². The maximum absolute atomic E-state index is 11.8. The summed E-state index contributed by atoms with van der Waals surface area (Å²) in [6.07, 6.45) is -0.641. The molecule has 0 spiro atoms. The number of carboxylic acid groups (broad SMARTS) is 1. The van der Waals surface area contributed by atoms with Crippen LogP contribution in [0.4, 0.5) is 5.69 Å². The molecule has 8 heteroatoms. The standard InChI is InChI=1S/C11H14N2O5S/c1-13(2)19(17,18)9-5-3-8(4-6-9)12-10(14)7-11(15)16/h3-6H,7H2,1-2H3,(H,12,14)(H,15,16). The van der Waals surface area contributed by atoms with Crippen molar-refractivity contribution < 1.29 is 23.1 Å². The van der Waals surface area contributed by atoms with Crippen LogP contribution in [0.2, 0.25) is 0 Å². The summed E-state index contributed by atoms with van der Waals surface area (Å²) in [5.41, 5.74) is 0.337. The summed E-state index contributed by atoms with van der Waals surface area (Å²) in [5.74, 6) is -1.90. The molecule has 0 saturated carbocycles. The third kappa shape index (κ3) is 4.04. The molecular formula is C11H14N2O5S. The SMILES string of the molecule is CN(C)S(=O)(=O)c1ccc(NC(=O)CC(=O)O)cc1. The maximum atomic E-state index is 11.8. The Bertz CT molecular complexity index is 578. The summed E-state index contributed by atoms with van der Waals surface area (Å²) in [6, 6.07) is 5.48. The molecule has 0 radical (unpaired) electrons. The monoisotopic (exact) mass is 286 g/mol. The molecule has 2 N–H and O–H groups in total. The average Bonchev–Trinajstić information content (AvgIpc) is 2.28. The fourth-order valence-corrected chi connectivity index (χ4v) is 2.17. The van der Waals surface area contributed by atoms with Crippen LogP contribution in [0.5, 0.6) is 0 Å². The summed E-state index contributed by atoms with van der Waals surface area (Å²) in [5, 5.41) is 10.8. The van der Waals surface area contributed by atoms with E-state index >= 15 is 0 Å². The number of anilines is 1. The lowest BCUT2D eigenvalue weighted by atomic mass is 10.3. The van der Waals surface area contributed by atoms with Gasteiger partial charge >= 0.3 is 5.97 Å². The number of aliphatic carboxylic acids is 1. The summed E-state index contributed by atoms with van der Waals surface area (Å²) >= 11 is 0. The van der Waals surface area contributed by atoms with E-state index in [0.29, 0.717) is 5.69 Å². The van der Waals surface area contributed by atoms with Crippen LogP contribution in [0.15, 0.2) is 29.2 Å². The van der Waals surface area contributed by atoms with E-state index in [9.17, 15) is 18.0 Å². The zero-order valence-electron chi connectivity index (χ0n) is 10.5. The lowest BCUT2D eigenvalue weighted by molar-refractivity contribution is -0.139. The summed E-state index contributed by atoms with van der Waals surface area (Å²) in [7, 11) is -0.685. The summed E-state index contributed by atoms with van der Waals surface area (Å²) in [6.45, 7) is 0. The van der Waals surface area contributed by atoms with Gasteiger partial charge in [-0.25, -0.2) is 12.7 Å². The second kappa shape index (κ2) is 5.81. The van der Waals surface area contributed by atoms with Crippen LogP contribution in [-0.2, 0) is 19.6 Å². The van der Waals surface area contributed by atoms with Gasteiger partial charge in [0.1, 0.15) is 6.42 Å². The number of carbonyl (C=O) groups excluding carboxylic acids is 1. The van der Waals surface area contributed by atoms with Gasteiger partial charge < -0.3 is 10.4 Å². The van der Waals surface area contributed by atoms with E-state index in [4.69, 9.17) is 5.11 Å². The van der Waals surface area contributed by atoms with Crippen LogP contribution in [0.3, 0.4) is 0 Å². The normalized spacial score (nSPS) is 11.3. The Kier molecular flexibility index (Phi) is 4.62. The van der Waals surface area contributed by atoms with Crippen molar-refractivity contribution in [2.75, 3.05) is 19.4 Å². The molecule has 0 fully saturated rings. The quantitative estimate of drug-likeness (QED) is 0.760. The summed E-state index contributed by atoms with van der Waals surface area (Å²) in [4.78, 5) is 21.6. The predicted octanol–water partition coefficient (Wildman–Crippen LogP) is 0.350. The minimum atomic E-state index is -3.51. The van der Waals surface area contributed by atoms with E-state index in [2.05, 4.69) is 5.32 Å². The first-order chi connectivity index (χ1) is 8.73. The van der Waals surface area contributed by atoms with E-state index in [1.165, 1.54) is 38.4 Å². The van der Waals surface area contributed by atoms with Crippen LogP contribution >= 0.6 is 0 Å². The van der Waals surface area contributed by atoms with Gasteiger partial charge in [0.05, 0.1) is 4.90 Å². The zero-order valence-corrected chi connectivity index (χ0v) is 11.3. The fourth-order valence-electron chi connectivity index (χ4n) is 1.26. The van der Waals surface area contributed by atoms with E-state index in [0.717, 1.165) is 4.31 Å². The molecule has 19 heavy (non-hydrogen) atoms. The van der Waals surface area contributed by atoms with E-state index in [1.54, 1.807) is 0 Å². The number of hydrogen-bond acceptors (Lipinski definition) is 4. The predicted molar refractivity (Wildman–Crippen MR) is 68.2 cm³/mol. The van der Waals surface area contributed by atoms with Crippen LogP contribution in [0.25, 0.3) is 0 Å². The molecular weight excluding hydrogens is 272 g/mol. The van der Waals surface area contributed by atoms with E-state index in [1.807, 2.05) is 0 Å². The largest absolute Gasteiger partial charge is 0.481 e. The van der Waals surface area contributed by atoms with Crippen molar-refractivity contribution in [3.05, 3.63) is 24.3 Å². The van der Waals surface area contributed by atoms with Gasteiger partial charge in [-0.1, -0.05) is 0 Å². The lowest BCUT2D eigenvalue weighted by Crippen LogP contribution is -2.22. The van der Waals surface area contributed by atoms with Gasteiger partial charge in [0, 0.05) is 19.8 Å². The highest BCUT2D eigenvalue weighted by molar-refractivity contribution is 7.89. The van der Waals surface area contributed by atoms with Crippen molar-refractivity contribution in [3.63, 3.8) is 0 Å². The van der Waals surface area contributed by atoms with Crippen molar-refractivity contribution in [3.8, 4) is 0 Å². The first kappa shape index (κ1) is 15.1. The maximum Gasteiger partial charge on any atom is 0.312 e. The van der Waals surface area contributed by atoms with Gasteiger partial charge in [0.25, 0.3) is 0 Å². The molecule has 104 valence electrons. The molecule has 0 saturated heterocycles. The van der Waals surface area contributed by atoms with Crippen molar-refractivity contribution in [2.24, 2.45) is 0 Å². The number of carboxylic acids is 1. The van der Waals surface area contributed by atoms with Crippen LogP contribution < -0.4 is 5.32 Å². The zero-order chi connectivity index (χ0) is 14.6. The van der Waals surface area contributed by atoms with E-state index in [-0.39, 0.29) is 4.90 Å². The first-order valence-corrected chi connectivity index (χ1v) is 6.71.